The molecule has 0 fully saturated rings. The molecular formula is C24H24BClN6O4. The number of nitrogens with one attached hydrogen (secondary N) is 3. The zero-order chi connectivity index (χ0) is 25.7. The SMILES string of the molecule is [B]c1cnn2c(NCCNC(=O)Nc3cc(OC)c(OC)c(OC)c3)cc(-c3ccccc3Cl)nc12. The standard InChI is InChI=1S/C24H24BClN6O4/c1-34-19-10-14(11-20(35-2)22(19)36-3)30-24(33)28-9-8-27-21-12-18(15-6-4-5-7-17(15)26)31-23-16(25)13-29-32(21)23/h4-7,10-13,27H,8-9H2,1-3H3,(H2,28,30,33). The molecule has 3 N–H and O–H groups in total. The van der Waals surface area contributed by atoms with E-state index in [1.807, 2.05) is 24.3 Å². The average molecular weight is 507 g/mol. The van der Waals surface area contributed by atoms with Gasteiger partial charge in [0.1, 0.15) is 13.7 Å². The molecule has 0 aliphatic heterocycles. The third-order valence-corrected chi connectivity index (χ3v) is 5.62. The highest BCUT2D eigenvalue weighted by Crippen LogP contribution is 2.39. The Kier molecular flexibility index (Phi) is 7.70. The van der Waals surface area contributed by atoms with E-state index in [2.05, 4.69) is 26.0 Å². The number of carbonyl (C=O) groups excluding carboxylic acids is 1. The Bertz CT molecular complexity index is 1370. The average Bonchev–Trinajstić information content (AvgIpc) is 3.26. The summed E-state index contributed by atoms with van der Waals surface area (Å²) >= 11 is 6.37. The first-order valence-electron chi connectivity index (χ1n) is 10.9. The van der Waals surface area contributed by atoms with Crippen LogP contribution in [0.25, 0.3) is 16.9 Å². The fraction of sp³-hybridized carbons (Fsp3) is 0.208. The lowest BCUT2D eigenvalue weighted by Gasteiger charge is -2.15. The molecule has 0 aliphatic carbocycles. The van der Waals surface area contributed by atoms with Crippen LogP contribution in [0.1, 0.15) is 0 Å². The summed E-state index contributed by atoms with van der Waals surface area (Å²) in [5, 5.41) is 13.7. The van der Waals surface area contributed by atoms with Crippen LogP contribution in [0.15, 0.2) is 48.7 Å². The Morgan fingerprint density at radius 2 is 1.78 bits per heavy atom. The van der Waals surface area contributed by atoms with Gasteiger partial charge >= 0.3 is 6.03 Å². The summed E-state index contributed by atoms with van der Waals surface area (Å²) in [4.78, 5) is 17.1. The first kappa shape index (κ1) is 25.0. The molecule has 2 amide bonds. The third-order valence-electron chi connectivity index (χ3n) is 5.29. The van der Waals surface area contributed by atoms with Crippen LogP contribution < -0.4 is 35.6 Å². The molecule has 0 saturated heterocycles. The molecule has 0 saturated carbocycles. The van der Waals surface area contributed by atoms with Gasteiger partial charge in [0.15, 0.2) is 17.1 Å². The van der Waals surface area contributed by atoms with E-state index >= 15 is 0 Å². The lowest BCUT2D eigenvalue weighted by atomic mass is 10.0. The Hall–Kier alpha value is -4.12. The number of urea groups is 1. The molecule has 2 aromatic carbocycles. The molecule has 12 heteroatoms. The zero-order valence-electron chi connectivity index (χ0n) is 20.0. The molecule has 4 aromatic rings. The molecule has 4 rings (SSSR count). The predicted octanol–water partition coefficient (Wildman–Crippen LogP) is 3.10. The van der Waals surface area contributed by atoms with E-state index in [4.69, 9.17) is 33.7 Å². The first-order chi connectivity index (χ1) is 17.4. The molecule has 10 nitrogen and oxygen atoms in total. The van der Waals surface area contributed by atoms with Crippen molar-refractivity contribution in [2.24, 2.45) is 0 Å². The van der Waals surface area contributed by atoms with Crippen LogP contribution in [0.2, 0.25) is 5.02 Å². The van der Waals surface area contributed by atoms with Crippen LogP contribution in [-0.4, -0.2) is 62.9 Å². The monoisotopic (exact) mass is 506 g/mol. The molecule has 2 radical (unpaired) electrons. The lowest BCUT2D eigenvalue weighted by Crippen LogP contribution is -2.32. The number of carbonyl (C=O) groups is 1. The van der Waals surface area contributed by atoms with Crippen molar-refractivity contribution in [2.45, 2.75) is 0 Å². The third kappa shape index (κ3) is 5.25. The summed E-state index contributed by atoms with van der Waals surface area (Å²) in [5.74, 6) is 1.96. The molecule has 36 heavy (non-hydrogen) atoms. The minimum absolute atomic E-state index is 0.318. The highest BCUT2D eigenvalue weighted by Gasteiger charge is 2.15. The minimum atomic E-state index is -0.397. The fourth-order valence-corrected chi connectivity index (χ4v) is 3.84. The maximum absolute atomic E-state index is 12.4. The number of rotatable bonds is 9. The Labute approximate surface area is 214 Å². The van der Waals surface area contributed by atoms with Crippen LogP contribution >= 0.6 is 11.6 Å². The number of ether oxygens (including phenoxy) is 3. The molecule has 184 valence electrons. The number of fused-ring (bicyclic) bond motifs is 1. The van der Waals surface area contributed by atoms with Gasteiger partial charge in [0.05, 0.1) is 32.7 Å². The summed E-state index contributed by atoms with van der Waals surface area (Å²) in [6.45, 7) is 0.724. The minimum Gasteiger partial charge on any atom is -0.493 e. The predicted molar refractivity (Wildman–Crippen MR) is 140 cm³/mol. The molecule has 2 aromatic heterocycles. The van der Waals surface area contributed by atoms with Crippen LogP contribution in [0.3, 0.4) is 0 Å². The number of hydrogen-bond donors (Lipinski definition) is 3. The first-order valence-corrected chi connectivity index (χ1v) is 11.3. The maximum atomic E-state index is 12.4. The fourth-order valence-electron chi connectivity index (χ4n) is 3.61. The van der Waals surface area contributed by atoms with Gasteiger partial charge in [-0.25, -0.2) is 9.78 Å². The smallest absolute Gasteiger partial charge is 0.319 e. The second kappa shape index (κ2) is 11.1. The van der Waals surface area contributed by atoms with Crippen molar-refractivity contribution in [3.05, 3.63) is 53.7 Å². The van der Waals surface area contributed by atoms with E-state index in [-0.39, 0.29) is 0 Å². The molecule has 0 spiro atoms. The number of aromatic nitrogens is 3. The van der Waals surface area contributed by atoms with Gasteiger partial charge in [-0.15, -0.1) is 0 Å². The Balaban J connectivity index is 1.42. The zero-order valence-corrected chi connectivity index (χ0v) is 20.7. The van der Waals surface area contributed by atoms with Gasteiger partial charge in [-0.3, -0.25) is 0 Å². The van der Waals surface area contributed by atoms with E-state index in [9.17, 15) is 4.79 Å². The number of anilines is 2. The van der Waals surface area contributed by atoms with Crippen molar-refractivity contribution in [2.75, 3.05) is 45.1 Å². The summed E-state index contributed by atoms with van der Waals surface area (Å²) < 4.78 is 17.5. The van der Waals surface area contributed by atoms with E-state index in [0.29, 0.717) is 63.7 Å². The maximum Gasteiger partial charge on any atom is 0.319 e. The van der Waals surface area contributed by atoms with Gasteiger partial charge < -0.3 is 30.2 Å². The highest BCUT2D eigenvalue weighted by molar-refractivity contribution is 6.36. The van der Waals surface area contributed by atoms with E-state index < -0.39 is 6.03 Å². The number of nitrogens with zero attached hydrogens (tertiary/aromatic N) is 3. The van der Waals surface area contributed by atoms with Gasteiger partial charge in [-0.2, -0.15) is 9.61 Å². The molecule has 2 heterocycles. The van der Waals surface area contributed by atoms with Crippen molar-refractivity contribution >= 4 is 48.1 Å². The van der Waals surface area contributed by atoms with Crippen molar-refractivity contribution < 1.29 is 19.0 Å². The van der Waals surface area contributed by atoms with Crippen LogP contribution in [0, 0.1) is 0 Å². The van der Waals surface area contributed by atoms with Crippen molar-refractivity contribution in [3.63, 3.8) is 0 Å². The van der Waals surface area contributed by atoms with Crippen molar-refractivity contribution in [1.82, 2.24) is 19.9 Å². The normalized spacial score (nSPS) is 10.7. The van der Waals surface area contributed by atoms with Crippen LogP contribution in [0.4, 0.5) is 16.3 Å². The number of hydrogen-bond acceptors (Lipinski definition) is 7. The van der Waals surface area contributed by atoms with E-state index in [1.165, 1.54) is 27.5 Å². The summed E-state index contributed by atoms with van der Waals surface area (Å²) in [7, 11) is 10.6. The number of benzene rings is 2. The Morgan fingerprint density at radius 3 is 2.44 bits per heavy atom. The quantitative estimate of drug-likeness (QED) is 0.236. The molecule has 0 unspecified atom stereocenters. The van der Waals surface area contributed by atoms with Crippen LogP contribution in [-0.2, 0) is 0 Å². The largest absolute Gasteiger partial charge is 0.493 e. The second-order valence-corrected chi connectivity index (χ2v) is 7.97. The number of methoxy groups -OCH3 is 3. The molecular weight excluding hydrogens is 483 g/mol. The van der Waals surface area contributed by atoms with Gasteiger partial charge in [0.2, 0.25) is 5.75 Å². The van der Waals surface area contributed by atoms with Gasteiger partial charge in [0.25, 0.3) is 0 Å². The van der Waals surface area contributed by atoms with Gasteiger partial charge in [0, 0.05) is 48.1 Å². The van der Waals surface area contributed by atoms with E-state index in [1.54, 1.807) is 22.7 Å². The van der Waals surface area contributed by atoms with E-state index in [0.717, 1.165) is 5.56 Å². The van der Waals surface area contributed by atoms with Crippen LogP contribution in [0.5, 0.6) is 17.2 Å². The summed E-state index contributed by atoms with van der Waals surface area (Å²) in [5.41, 5.74) is 2.85. The summed E-state index contributed by atoms with van der Waals surface area (Å²) in [6, 6.07) is 12.1. The molecule has 0 bridgehead atoms. The van der Waals surface area contributed by atoms with Crippen molar-refractivity contribution in [1.29, 1.82) is 0 Å². The molecule has 0 aliphatic rings. The van der Waals surface area contributed by atoms with Gasteiger partial charge in [-0.05, 0) is 11.5 Å². The topological polar surface area (TPSA) is 111 Å². The van der Waals surface area contributed by atoms with Crippen molar-refractivity contribution in [3.8, 4) is 28.5 Å². The Morgan fingerprint density at radius 1 is 1.06 bits per heavy atom. The van der Waals surface area contributed by atoms with Gasteiger partial charge in [-0.1, -0.05) is 29.8 Å². The lowest BCUT2D eigenvalue weighted by molar-refractivity contribution is 0.252. The number of amides is 2. The molecule has 0 atom stereocenters. The summed E-state index contributed by atoms with van der Waals surface area (Å²) in [6.07, 6.45) is 1.53. The second-order valence-electron chi connectivity index (χ2n) is 7.56. The highest BCUT2D eigenvalue weighted by atomic mass is 35.5. The number of halogens is 1.